The number of carbonyl (C=O) groups is 2. The second-order valence-electron chi connectivity index (χ2n) is 4.51. The molecule has 104 valence electrons. The third-order valence-electron chi connectivity index (χ3n) is 3.12. The van der Waals surface area contributed by atoms with Crippen molar-refractivity contribution in [2.45, 2.75) is 32.6 Å². The van der Waals surface area contributed by atoms with E-state index in [1.165, 1.54) is 41.1 Å². The molecule has 3 amide bonds. The first-order valence-corrected chi connectivity index (χ1v) is 7.07. The fraction of sp³-hybridized carbons (Fsp3) is 0.429. The zero-order valence-corrected chi connectivity index (χ0v) is 12.8. The van der Waals surface area contributed by atoms with E-state index in [2.05, 4.69) is 44.4 Å². The summed E-state index contributed by atoms with van der Waals surface area (Å²) < 4.78 is 0. The lowest BCUT2D eigenvalue weighted by Crippen LogP contribution is -2.38. The van der Waals surface area contributed by atoms with Crippen LogP contribution in [-0.2, 0) is 4.79 Å². The van der Waals surface area contributed by atoms with Gasteiger partial charge in [-0.2, -0.15) is 0 Å². The summed E-state index contributed by atoms with van der Waals surface area (Å²) in [5.41, 5.74) is 4.83. The van der Waals surface area contributed by atoms with Gasteiger partial charge >= 0.3 is 6.03 Å². The molecule has 1 aromatic carbocycles. The second kappa shape index (κ2) is 6.61. The molecule has 0 bridgehead atoms. The number of hydrogen-bond donors (Lipinski definition) is 2. The Labute approximate surface area is 118 Å². The molecule has 19 heavy (non-hydrogen) atoms. The standard InChI is InChI=1S/C14H20N2O2S/c1-8-6-9(2)11(4)13(10(8)3)19-7-12(17)16-14(18)15-5/h6H,7H2,1-5H3,(H2,15,16,17,18). The van der Waals surface area contributed by atoms with E-state index in [0.717, 1.165) is 4.90 Å². The summed E-state index contributed by atoms with van der Waals surface area (Å²) in [5, 5.41) is 4.61. The number of carbonyl (C=O) groups excluding carboxylic acids is 2. The zero-order valence-electron chi connectivity index (χ0n) is 12.0. The van der Waals surface area contributed by atoms with Gasteiger partial charge in [0.05, 0.1) is 5.75 Å². The first kappa shape index (κ1) is 15.6. The Morgan fingerprint density at radius 3 is 2.11 bits per heavy atom. The summed E-state index contributed by atoms with van der Waals surface area (Å²) in [6, 6.07) is 1.68. The molecule has 4 nitrogen and oxygen atoms in total. The number of hydrogen-bond acceptors (Lipinski definition) is 3. The number of rotatable bonds is 3. The summed E-state index contributed by atoms with van der Waals surface area (Å²) in [6.07, 6.45) is 0. The Bertz CT molecular complexity index is 486. The molecule has 0 aliphatic rings. The number of amides is 3. The number of urea groups is 1. The average molecular weight is 280 g/mol. The predicted octanol–water partition coefficient (Wildman–Crippen LogP) is 2.47. The quantitative estimate of drug-likeness (QED) is 0.836. The van der Waals surface area contributed by atoms with Gasteiger partial charge in [-0.25, -0.2) is 4.79 Å². The SMILES string of the molecule is CNC(=O)NC(=O)CSc1c(C)c(C)cc(C)c1C. The van der Waals surface area contributed by atoms with Gasteiger partial charge in [0.2, 0.25) is 5.91 Å². The lowest BCUT2D eigenvalue weighted by molar-refractivity contribution is -0.117. The van der Waals surface area contributed by atoms with Gasteiger partial charge in [0.15, 0.2) is 0 Å². The van der Waals surface area contributed by atoms with E-state index < -0.39 is 6.03 Å². The van der Waals surface area contributed by atoms with E-state index in [1.54, 1.807) is 0 Å². The molecular formula is C14H20N2O2S. The largest absolute Gasteiger partial charge is 0.341 e. The lowest BCUT2D eigenvalue weighted by atomic mass is 10.0. The number of imide groups is 1. The number of thioether (sulfide) groups is 1. The van der Waals surface area contributed by atoms with E-state index in [9.17, 15) is 9.59 Å². The van der Waals surface area contributed by atoms with Crippen molar-refractivity contribution in [2.75, 3.05) is 12.8 Å². The molecule has 0 unspecified atom stereocenters. The Balaban J connectivity index is 2.78. The highest BCUT2D eigenvalue weighted by Crippen LogP contribution is 2.30. The molecule has 0 aliphatic carbocycles. The summed E-state index contributed by atoms with van der Waals surface area (Å²) in [4.78, 5) is 23.7. The van der Waals surface area contributed by atoms with E-state index in [1.807, 2.05) is 0 Å². The topological polar surface area (TPSA) is 58.2 Å². The minimum Gasteiger partial charge on any atom is -0.341 e. The number of benzene rings is 1. The highest BCUT2D eigenvalue weighted by Gasteiger charge is 2.12. The molecule has 0 saturated carbocycles. The average Bonchev–Trinajstić information content (AvgIpc) is 2.36. The minimum absolute atomic E-state index is 0.234. The maximum Gasteiger partial charge on any atom is 0.321 e. The molecule has 0 fully saturated rings. The fourth-order valence-corrected chi connectivity index (χ4v) is 2.86. The third kappa shape index (κ3) is 3.99. The predicted molar refractivity (Wildman–Crippen MR) is 78.7 cm³/mol. The van der Waals surface area contributed by atoms with Gasteiger partial charge in [0.25, 0.3) is 0 Å². The molecule has 1 aromatic rings. The summed E-state index contributed by atoms with van der Waals surface area (Å²) in [6.45, 7) is 8.24. The number of aryl methyl sites for hydroxylation is 2. The van der Waals surface area contributed by atoms with Crippen LogP contribution in [0.3, 0.4) is 0 Å². The monoisotopic (exact) mass is 280 g/mol. The van der Waals surface area contributed by atoms with Crippen molar-refractivity contribution in [3.05, 3.63) is 28.3 Å². The fourth-order valence-electron chi connectivity index (χ4n) is 1.76. The van der Waals surface area contributed by atoms with Crippen LogP contribution in [0, 0.1) is 27.7 Å². The molecule has 0 heterocycles. The Morgan fingerprint density at radius 1 is 1.11 bits per heavy atom. The molecular weight excluding hydrogens is 260 g/mol. The maximum atomic E-state index is 11.6. The molecule has 0 aliphatic heterocycles. The van der Waals surface area contributed by atoms with Crippen LogP contribution in [0.1, 0.15) is 22.3 Å². The smallest absolute Gasteiger partial charge is 0.321 e. The third-order valence-corrected chi connectivity index (χ3v) is 4.43. The summed E-state index contributed by atoms with van der Waals surface area (Å²) in [5.74, 6) is -0.0554. The Hall–Kier alpha value is -1.49. The normalized spacial score (nSPS) is 10.2. The Morgan fingerprint density at radius 2 is 1.63 bits per heavy atom. The van der Waals surface area contributed by atoms with Crippen molar-refractivity contribution in [1.29, 1.82) is 0 Å². The minimum atomic E-state index is -0.473. The molecule has 0 saturated heterocycles. The maximum absolute atomic E-state index is 11.6. The van der Waals surface area contributed by atoms with Gasteiger partial charge in [-0.05, 0) is 49.9 Å². The summed E-state index contributed by atoms with van der Waals surface area (Å²) in [7, 11) is 1.48. The Kier molecular flexibility index (Phi) is 5.42. The highest BCUT2D eigenvalue weighted by atomic mass is 32.2. The van der Waals surface area contributed by atoms with E-state index in [-0.39, 0.29) is 11.7 Å². The van der Waals surface area contributed by atoms with Crippen LogP contribution >= 0.6 is 11.8 Å². The van der Waals surface area contributed by atoms with Gasteiger partial charge in [-0.3, -0.25) is 10.1 Å². The van der Waals surface area contributed by atoms with Gasteiger partial charge in [0, 0.05) is 11.9 Å². The van der Waals surface area contributed by atoms with Crippen LogP contribution in [0.5, 0.6) is 0 Å². The number of nitrogens with one attached hydrogen (secondary N) is 2. The van der Waals surface area contributed by atoms with Crippen LogP contribution in [0.2, 0.25) is 0 Å². The van der Waals surface area contributed by atoms with Crippen molar-refractivity contribution >= 4 is 23.7 Å². The van der Waals surface area contributed by atoms with Crippen molar-refractivity contribution in [3.63, 3.8) is 0 Å². The van der Waals surface area contributed by atoms with Crippen LogP contribution < -0.4 is 10.6 Å². The molecule has 0 radical (unpaired) electrons. The van der Waals surface area contributed by atoms with Crippen LogP contribution in [0.4, 0.5) is 4.79 Å². The van der Waals surface area contributed by atoms with Crippen molar-refractivity contribution < 1.29 is 9.59 Å². The molecule has 0 spiro atoms. The van der Waals surface area contributed by atoms with E-state index >= 15 is 0 Å². The van der Waals surface area contributed by atoms with Gasteiger partial charge in [0.1, 0.15) is 0 Å². The summed E-state index contributed by atoms with van der Waals surface area (Å²) >= 11 is 1.47. The van der Waals surface area contributed by atoms with Crippen molar-refractivity contribution in [3.8, 4) is 0 Å². The molecule has 1 rings (SSSR count). The van der Waals surface area contributed by atoms with Gasteiger partial charge in [-0.15, -0.1) is 11.8 Å². The van der Waals surface area contributed by atoms with Crippen LogP contribution in [0.25, 0.3) is 0 Å². The highest BCUT2D eigenvalue weighted by molar-refractivity contribution is 8.00. The second-order valence-corrected chi connectivity index (χ2v) is 5.49. The van der Waals surface area contributed by atoms with E-state index in [0.29, 0.717) is 0 Å². The first-order chi connectivity index (χ1) is 8.86. The molecule has 5 heteroatoms. The molecule has 0 atom stereocenters. The van der Waals surface area contributed by atoms with Crippen LogP contribution in [0.15, 0.2) is 11.0 Å². The first-order valence-electron chi connectivity index (χ1n) is 6.08. The zero-order chi connectivity index (χ0) is 14.6. The van der Waals surface area contributed by atoms with Crippen LogP contribution in [-0.4, -0.2) is 24.7 Å². The van der Waals surface area contributed by atoms with Crippen molar-refractivity contribution in [2.24, 2.45) is 0 Å². The van der Waals surface area contributed by atoms with Gasteiger partial charge in [-0.1, -0.05) is 6.07 Å². The lowest BCUT2D eigenvalue weighted by Gasteiger charge is -2.14. The van der Waals surface area contributed by atoms with Crippen molar-refractivity contribution in [1.82, 2.24) is 10.6 Å². The van der Waals surface area contributed by atoms with E-state index in [4.69, 9.17) is 0 Å². The van der Waals surface area contributed by atoms with Gasteiger partial charge < -0.3 is 5.32 Å². The molecule has 0 aromatic heterocycles. The molecule has 2 N–H and O–H groups in total.